The lowest BCUT2D eigenvalue weighted by Crippen LogP contribution is -2.04. The highest BCUT2D eigenvalue weighted by atomic mass is 16.4. The summed E-state index contributed by atoms with van der Waals surface area (Å²) >= 11 is 0. The molecule has 0 aliphatic rings. The number of phenols is 1. The Labute approximate surface area is 173 Å². The van der Waals surface area contributed by atoms with Crippen LogP contribution in [0.3, 0.4) is 0 Å². The predicted octanol–water partition coefficient (Wildman–Crippen LogP) is 8.18. The van der Waals surface area contributed by atoms with Crippen LogP contribution in [-0.2, 0) is 0 Å². The van der Waals surface area contributed by atoms with Gasteiger partial charge in [-0.3, -0.25) is 0 Å². The van der Waals surface area contributed by atoms with Crippen LogP contribution in [0.25, 0.3) is 0 Å². The molecule has 0 saturated heterocycles. The largest absolute Gasteiger partial charge is 0.507 e. The highest BCUT2D eigenvalue weighted by Crippen LogP contribution is 2.28. The van der Waals surface area contributed by atoms with Gasteiger partial charge in [0, 0.05) is 5.56 Å². The molecule has 0 bridgehead atoms. The second kappa shape index (κ2) is 15.4. The third kappa shape index (κ3) is 9.61. The summed E-state index contributed by atoms with van der Waals surface area (Å²) in [4.78, 5) is 0. The number of nitrogens with zero attached hydrogens (tertiary/aromatic N) is 1. The topological polar surface area (TPSA) is 52.8 Å². The Kier molecular flexibility index (Phi) is 13.5. The van der Waals surface area contributed by atoms with Gasteiger partial charge in [0.05, 0.1) is 5.71 Å². The predicted molar refractivity (Wildman–Crippen MR) is 121 cm³/mol. The molecule has 3 nitrogen and oxygen atoms in total. The molecule has 2 N–H and O–H groups in total. The molecule has 1 unspecified atom stereocenters. The quantitative estimate of drug-likeness (QED) is 0.130. The minimum atomic E-state index is 0.217. The van der Waals surface area contributed by atoms with Crippen molar-refractivity contribution in [3.05, 3.63) is 29.3 Å². The van der Waals surface area contributed by atoms with Gasteiger partial charge in [-0.05, 0) is 42.9 Å². The molecule has 1 atom stereocenters. The van der Waals surface area contributed by atoms with E-state index in [1.165, 1.54) is 69.8 Å². The van der Waals surface area contributed by atoms with E-state index in [2.05, 4.69) is 25.9 Å². The van der Waals surface area contributed by atoms with Gasteiger partial charge in [0.25, 0.3) is 0 Å². The van der Waals surface area contributed by atoms with E-state index in [0.29, 0.717) is 23.6 Å². The van der Waals surface area contributed by atoms with Crippen LogP contribution in [0.5, 0.6) is 5.75 Å². The molecular formula is C25H43NO2. The second-order valence-corrected chi connectivity index (χ2v) is 8.30. The lowest BCUT2D eigenvalue weighted by Gasteiger charge is -2.15. The van der Waals surface area contributed by atoms with Crippen molar-refractivity contribution in [2.45, 2.75) is 117 Å². The van der Waals surface area contributed by atoms with Crippen LogP contribution >= 0.6 is 0 Å². The maximum atomic E-state index is 10.3. The smallest absolute Gasteiger partial charge is 0.124 e. The van der Waals surface area contributed by atoms with Crippen molar-refractivity contribution in [1.29, 1.82) is 0 Å². The summed E-state index contributed by atoms with van der Waals surface area (Å²) in [5.74, 6) is 0.675. The van der Waals surface area contributed by atoms with Crippen molar-refractivity contribution in [3.8, 4) is 5.75 Å². The number of oxime groups is 1. The molecule has 0 amide bonds. The minimum Gasteiger partial charge on any atom is -0.507 e. The van der Waals surface area contributed by atoms with Crippen molar-refractivity contribution in [3.63, 3.8) is 0 Å². The number of aromatic hydroxyl groups is 1. The molecule has 1 aromatic rings. The Morgan fingerprint density at radius 1 is 0.857 bits per heavy atom. The van der Waals surface area contributed by atoms with Gasteiger partial charge in [0.15, 0.2) is 0 Å². The third-order valence-electron chi connectivity index (χ3n) is 5.78. The molecule has 0 aromatic heterocycles. The number of phenolic OH excluding ortho intramolecular Hbond substituents is 1. The average molecular weight is 390 g/mol. The van der Waals surface area contributed by atoms with Crippen LogP contribution in [0, 0.1) is 0 Å². The van der Waals surface area contributed by atoms with Gasteiger partial charge >= 0.3 is 0 Å². The first kappa shape index (κ1) is 24.5. The summed E-state index contributed by atoms with van der Waals surface area (Å²) in [7, 11) is 0. The lowest BCUT2D eigenvalue weighted by molar-refractivity contribution is 0.317. The normalized spacial score (nSPS) is 13.0. The van der Waals surface area contributed by atoms with E-state index in [9.17, 15) is 10.3 Å². The van der Waals surface area contributed by atoms with E-state index >= 15 is 0 Å². The van der Waals surface area contributed by atoms with Gasteiger partial charge in [0.2, 0.25) is 0 Å². The number of hydrogen-bond donors (Lipinski definition) is 2. The zero-order chi connectivity index (χ0) is 20.6. The molecule has 0 fully saturated rings. The molecule has 1 rings (SSSR count). The summed E-state index contributed by atoms with van der Waals surface area (Å²) in [6.45, 7) is 6.73. The fourth-order valence-corrected chi connectivity index (χ4v) is 3.80. The van der Waals surface area contributed by atoms with Gasteiger partial charge in [-0.2, -0.15) is 0 Å². The second-order valence-electron chi connectivity index (χ2n) is 8.30. The van der Waals surface area contributed by atoms with Gasteiger partial charge in [-0.1, -0.05) is 103 Å². The maximum Gasteiger partial charge on any atom is 0.124 e. The standard InChI is InChI=1S/C25H43NO2/c1-4-6-8-10-11-13-15-17-24(26-28)23-20-22(18-19-25(23)27)21(3)16-14-12-9-7-5-2/h18-21,27-28H,4-17H2,1-3H3. The molecule has 0 aliphatic carbocycles. The molecule has 0 heterocycles. The van der Waals surface area contributed by atoms with E-state index in [1.807, 2.05) is 12.1 Å². The molecule has 28 heavy (non-hydrogen) atoms. The molecule has 3 heteroatoms. The molecule has 0 spiro atoms. The van der Waals surface area contributed by atoms with E-state index in [0.717, 1.165) is 19.3 Å². The van der Waals surface area contributed by atoms with Crippen molar-refractivity contribution < 1.29 is 10.3 Å². The molecule has 160 valence electrons. The average Bonchev–Trinajstić information content (AvgIpc) is 2.70. The molecule has 0 radical (unpaired) electrons. The maximum absolute atomic E-state index is 10.3. The van der Waals surface area contributed by atoms with Crippen LogP contribution in [0.2, 0.25) is 0 Å². The molecule has 0 aliphatic heterocycles. The Morgan fingerprint density at radius 3 is 2.04 bits per heavy atom. The third-order valence-corrected chi connectivity index (χ3v) is 5.78. The van der Waals surface area contributed by atoms with Gasteiger partial charge in [-0.15, -0.1) is 0 Å². The number of unbranched alkanes of at least 4 members (excludes halogenated alkanes) is 10. The van der Waals surface area contributed by atoms with E-state index in [4.69, 9.17) is 0 Å². The summed E-state index contributed by atoms with van der Waals surface area (Å²) in [6.07, 6.45) is 16.9. The molecular weight excluding hydrogens is 346 g/mol. The Balaban J connectivity index is 2.54. The number of hydrogen-bond acceptors (Lipinski definition) is 3. The van der Waals surface area contributed by atoms with Crippen molar-refractivity contribution in [2.24, 2.45) is 5.16 Å². The van der Waals surface area contributed by atoms with Crippen LogP contribution < -0.4 is 0 Å². The summed E-state index contributed by atoms with van der Waals surface area (Å²) in [5, 5.41) is 23.3. The van der Waals surface area contributed by atoms with Gasteiger partial charge in [0.1, 0.15) is 5.75 Å². The van der Waals surface area contributed by atoms with E-state index in [-0.39, 0.29) is 5.75 Å². The van der Waals surface area contributed by atoms with Crippen LogP contribution in [0.4, 0.5) is 0 Å². The highest BCUT2D eigenvalue weighted by Gasteiger charge is 2.14. The first-order valence-corrected chi connectivity index (χ1v) is 11.7. The van der Waals surface area contributed by atoms with Gasteiger partial charge < -0.3 is 10.3 Å². The molecule has 1 aromatic carbocycles. The summed E-state index contributed by atoms with van der Waals surface area (Å²) in [6, 6.07) is 5.80. The van der Waals surface area contributed by atoms with E-state index < -0.39 is 0 Å². The summed E-state index contributed by atoms with van der Waals surface area (Å²) < 4.78 is 0. The van der Waals surface area contributed by atoms with E-state index in [1.54, 1.807) is 6.07 Å². The summed E-state index contributed by atoms with van der Waals surface area (Å²) in [5.41, 5.74) is 2.54. The van der Waals surface area contributed by atoms with Crippen LogP contribution in [0.1, 0.15) is 128 Å². The SMILES string of the molecule is CCCCCCCCCC(=NO)c1cc(C(C)CCCCCCC)ccc1O. The first-order chi connectivity index (χ1) is 13.6. The van der Waals surface area contributed by atoms with Crippen LogP contribution in [0.15, 0.2) is 23.4 Å². The Hall–Kier alpha value is -1.51. The fraction of sp³-hybridized carbons (Fsp3) is 0.720. The minimum absolute atomic E-state index is 0.217. The zero-order valence-electron chi connectivity index (χ0n) is 18.6. The zero-order valence-corrected chi connectivity index (χ0v) is 18.6. The number of rotatable bonds is 16. The van der Waals surface area contributed by atoms with Crippen molar-refractivity contribution >= 4 is 5.71 Å². The monoisotopic (exact) mass is 389 g/mol. The first-order valence-electron chi connectivity index (χ1n) is 11.7. The molecule has 0 saturated carbocycles. The number of benzene rings is 1. The Morgan fingerprint density at radius 2 is 1.43 bits per heavy atom. The van der Waals surface area contributed by atoms with Crippen molar-refractivity contribution in [2.75, 3.05) is 0 Å². The Bertz CT molecular complexity index is 553. The van der Waals surface area contributed by atoms with Crippen LogP contribution in [-0.4, -0.2) is 16.0 Å². The van der Waals surface area contributed by atoms with Crippen molar-refractivity contribution in [1.82, 2.24) is 0 Å². The lowest BCUT2D eigenvalue weighted by atomic mass is 9.91. The van der Waals surface area contributed by atoms with Gasteiger partial charge in [-0.25, -0.2) is 0 Å². The fourth-order valence-electron chi connectivity index (χ4n) is 3.80. The highest BCUT2D eigenvalue weighted by molar-refractivity contribution is 6.02.